The van der Waals surface area contributed by atoms with E-state index in [4.69, 9.17) is 8.61 Å². The molecule has 0 N–H and O–H groups in total. The summed E-state index contributed by atoms with van der Waals surface area (Å²) in [5, 5.41) is 2.45. The lowest BCUT2D eigenvalue weighted by molar-refractivity contribution is -0.0397. The maximum absolute atomic E-state index is 11.8. The van der Waals surface area contributed by atoms with Crippen molar-refractivity contribution in [1.82, 2.24) is 0 Å². The molecule has 1 saturated carbocycles. The Morgan fingerprint density at radius 3 is 1.89 bits per heavy atom. The van der Waals surface area contributed by atoms with Crippen molar-refractivity contribution in [2.75, 3.05) is 12.9 Å². The highest BCUT2D eigenvalue weighted by molar-refractivity contribution is 7.86. The summed E-state index contributed by atoms with van der Waals surface area (Å²) in [5.41, 5.74) is -0.707. The normalized spacial score (nSPS) is 16.5. The van der Waals surface area contributed by atoms with Crippen molar-refractivity contribution in [1.29, 1.82) is 0 Å². The van der Waals surface area contributed by atoms with Gasteiger partial charge in [-0.05, 0) is 35.7 Å². The third-order valence-corrected chi connectivity index (χ3v) is 10.4. The number of unbranched alkanes of at least 4 members (excludes halogenated alkanes) is 1. The predicted molar refractivity (Wildman–Crippen MR) is 116 cm³/mol. The first kappa shape index (κ1) is 21.2. The molecule has 1 aliphatic rings. The highest BCUT2D eigenvalue weighted by Crippen LogP contribution is 2.38. The maximum atomic E-state index is 11.8. The van der Waals surface area contributed by atoms with Crippen LogP contribution < -0.4 is 10.4 Å². The summed E-state index contributed by atoms with van der Waals surface area (Å²) in [5.74, 6) is 0. The average molecular weight is 419 g/mol. The van der Waals surface area contributed by atoms with Gasteiger partial charge >= 0.3 is 0 Å². The molecular formula is C22H30O4SSi. The van der Waals surface area contributed by atoms with Gasteiger partial charge in [0.1, 0.15) is 5.60 Å². The maximum Gasteiger partial charge on any atom is 0.265 e. The smallest absolute Gasteiger partial charge is 0.265 e. The zero-order valence-electron chi connectivity index (χ0n) is 16.8. The Bertz CT molecular complexity index is 809. The molecule has 4 nitrogen and oxygen atoms in total. The van der Waals surface area contributed by atoms with Crippen LogP contribution >= 0.6 is 0 Å². The lowest BCUT2D eigenvalue weighted by atomic mass is 9.81. The van der Waals surface area contributed by atoms with E-state index in [-0.39, 0.29) is 0 Å². The minimum atomic E-state index is -3.52. The molecule has 0 amide bonds. The molecule has 1 fully saturated rings. The van der Waals surface area contributed by atoms with Crippen molar-refractivity contribution in [2.45, 2.75) is 50.7 Å². The van der Waals surface area contributed by atoms with Crippen molar-refractivity contribution >= 4 is 28.8 Å². The summed E-state index contributed by atoms with van der Waals surface area (Å²) in [6.45, 7) is 2.51. The third kappa shape index (κ3) is 4.92. The van der Waals surface area contributed by atoms with Crippen molar-refractivity contribution in [2.24, 2.45) is 0 Å². The Morgan fingerprint density at radius 2 is 1.50 bits per heavy atom. The van der Waals surface area contributed by atoms with Crippen LogP contribution in [0.15, 0.2) is 60.7 Å². The van der Waals surface area contributed by atoms with Crippen LogP contribution in [0.2, 0.25) is 6.04 Å². The molecule has 0 atom stereocenters. The van der Waals surface area contributed by atoms with Crippen molar-refractivity contribution < 1.29 is 17.0 Å². The first-order chi connectivity index (χ1) is 13.4. The Morgan fingerprint density at radius 1 is 0.964 bits per heavy atom. The Kier molecular flexibility index (Phi) is 6.76. The van der Waals surface area contributed by atoms with E-state index in [0.717, 1.165) is 44.4 Å². The summed E-state index contributed by atoms with van der Waals surface area (Å²) in [6, 6.07) is 21.8. The van der Waals surface area contributed by atoms with Crippen LogP contribution in [0.3, 0.4) is 0 Å². The molecule has 0 aliphatic heterocycles. The van der Waals surface area contributed by atoms with E-state index < -0.39 is 24.0 Å². The van der Waals surface area contributed by atoms with Gasteiger partial charge in [-0.3, -0.25) is 4.18 Å². The molecule has 2 aromatic carbocycles. The summed E-state index contributed by atoms with van der Waals surface area (Å²) in [4.78, 5) is 0. The molecule has 0 bridgehead atoms. The monoisotopic (exact) mass is 418 g/mol. The molecule has 0 spiro atoms. The van der Waals surface area contributed by atoms with Gasteiger partial charge in [0.05, 0.1) is 12.9 Å². The number of hydrogen-bond acceptors (Lipinski definition) is 4. The standard InChI is InChI=1S/C22H30O4SSi/c1-3-4-18-28(20-12-7-5-8-13-20,21-14-9-6-10-15-21)25-19-22(16-11-17-22)26-27(2,23)24/h5-10,12-15H,3-4,11,16-19H2,1-2H3. The predicted octanol–water partition coefficient (Wildman–Crippen LogP) is 3.46. The zero-order chi connectivity index (χ0) is 20.1. The van der Waals surface area contributed by atoms with E-state index in [1.54, 1.807) is 0 Å². The van der Waals surface area contributed by atoms with Crippen LogP contribution in [0.5, 0.6) is 0 Å². The van der Waals surface area contributed by atoms with Crippen LogP contribution in [0.4, 0.5) is 0 Å². The summed E-state index contributed by atoms with van der Waals surface area (Å²) in [6.07, 6.45) is 5.70. The average Bonchev–Trinajstić information content (AvgIpc) is 2.66. The van der Waals surface area contributed by atoms with Gasteiger partial charge < -0.3 is 4.43 Å². The molecule has 1 aliphatic carbocycles. The molecule has 0 unspecified atom stereocenters. The fourth-order valence-corrected chi connectivity index (χ4v) is 9.00. The first-order valence-corrected chi connectivity index (χ1v) is 14.0. The topological polar surface area (TPSA) is 52.6 Å². The van der Waals surface area contributed by atoms with Crippen LogP contribution in [0.25, 0.3) is 0 Å². The molecule has 6 heteroatoms. The fourth-order valence-electron chi connectivity index (χ4n) is 3.93. The zero-order valence-corrected chi connectivity index (χ0v) is 18.6. The second-order valence-corrected chi connectivity index (χ2v) is 12.9. The Balaban J connectivity index is 1.98. The van der Waals surface area contributed by atoms with E-state index in [0.29, 0.717) is 6.61 Å². The number of rotatable bonds is 10. The molecular weight excluding hydrogens is 388 g/mol. The van der Waals surface area contributed by atoms with Crippen LogP contribution in [-0.2, 0) is 18.7 Å². The Hall–Kier alpha value is -1.47. The lowest BCUT2D eigenvalue weighted by Crippen LogP contribution is -2.63. The molecule has 28 heavy (non-hydrogen) atoms. The van der Waals surface area contributed by atoms with Gasteiger partial charge in [-0.25, -0.2) is 0 Å². The minimum Gasteiger partial charge on any atom is -0.405 e. The molecule has 2 aromatic rings. The molecule has 0 aromatic heterocycles. The van der Waals surface area contributed by atoms with Gasteiger partial charge in [-0.1, -0.05) is 80.4 Å². The molecule has 3 rings (SSSR count). The van der Waals surface area contributed by atoms with Crippen molar-refractivity contribution in [3.05, 3.63) is 60.7 Å². The summed E-state index contributed by atoms with van der Waals surface area (Å²) in [7, 11) is -6.03. The quantitative estimate of drug-likeness (QED) is 0.438. The van der Waals surface area contributed by atoms with Gasteiger partial charge in [-0.15, -0.1) is 0 Å². The van der Waals surface area contributed by atoms with Gasteiger partial charge in [0.25, 0.3) is 18.4 Å². The number of hydrogen-bond donors (Lipinski definition) is 0. The van der Waals surface area contributed by atoms with Crippen molar-refractivity contribution in [3.8, 4) is 0 Å². The second-order valence-electron chi connectivity index (χ2n) is 7.78. The largest absolute Gasteiger partial charge is 0.405 e. The minimum absolute atomic E-state index is 0.319. The highest BCUT2D eigenvalue weighted by Gasteiger charge is 2.46. The van der Waals surface area contributed by atoms with Crippen LogP contribution in [0, 0.1) is 0 Å². The molecule has 0 radical (unpaired) electrons. The van der Waals surface area contributed by atoms with E-state index in [1.807, 2.05) is 12.1 Å². The van der Waals surface area contributed by atoms with Gasteiger partial charge in [0.15, 0.2) is 0 Å². The SMILES string of the molecule is CCCC[Si](OCC1(OS(C)(=O)=O)CCC1)(c1ccccc1)c1ccccc1. The molecule has 152 valence electrons. The number of benzene rings is 2. The van der Waals surface area contributed by atoms with E-state index in [1.165, 1.54) is 10.4 Å². The Labute approximate surface area is 170 Å². The van der Waals surface area contributed by atoms with Crippen LogP contribution in [0.1, 0.15) is 39.0 Å². The van der Waals surface area contributed by atoms with E-state index >= 15 is 0 Å². The third-order valence-electron chi connectivity index (χ3n) is 5.54. The highest BCUT2D eigenvalue weighted by atomic mass is 32.2. The fraction of sp³-hybridized carbons (Fsp3) is 0.455. The van der Waals surface area contributed by atoms with Gasteiger partial charge in [0, 0.05) is 0 Å². The van der Waals surface area contributed by atoms with E-state index in [2.05, 4.69) is 55.5 Å². The van der Waals surface area contributed by atoms with Crippen molar-refractivity contribution in [3.63, 3.8) is 0 Å². The second kappa shape index (κ2) is 8.90. The van der Waals surface area contributed by atoms with Crippen LogP contribution in [-0.4, -0.2) is 35.2 Å². The molecule has 0 heterocycles. The first-order valence-electron chi connectivity index (χ1n) is 10.0. The molecule has 0 saturated heterocycles. The summed E-state index contributed by atoms with van der Waals surface area (Å²) < 4.78 is 35.9. The lowest BCUT2D eigenvalue weighted by Gasteiger charge is -2.43. The van der Waals surface area contributed by atoms with Gasteiger partial charge in [0.2, 0.25) is 0 Å². The van der Waals surface area contributed by atoms with E-state index in [9.17, 15) is 8.42 Å². The van der Waals surface area contributed by atoms with Gasteiger partial charge in [-0.2, -0.15) is 8.42 Å². The summed E-state index contributed by atoms with van der Waals surface area (Å²) >= 11 is 0.